The average molecular weight is 375 g/mol. The molecule has 1 aliphatic carbocycles. The summed E-state index contributed by atoms with van der Waals surface area (Å²) in [4.78, 5) is 23.5. The maximum atomic E-state index is 11.8. The molecule has 1 aliphatic rings. The number of rotatable bonds is 17. The van der Waals surface area contributed by atoms with Gasteiger partial charge >= 0.3 is 0 Å². The lowest BCUT2D eigenvalue weighted by Crippen LogP contribution is -2.12. The highest BCUT2D eigenvalue weighted by atomic mass is 16.1. The normalized spacial score (nSPS) is 14.4. The highest BCUT2D eigenvalue weighted by Crippen LogP contribution is 2.20. The molecule has 0 saturated heterocycles. The van der Waals surface area contributed by atoms with Crippen LogP contribution < -0.4 is 0 Å². The van der Waals surface area contributed by atoms with Gasteiger partial charge in [-0.05, 0) is 31.9 Å². The molecule has 0 bridgehead atoms. The Hall–Kier alpha value is -1.18. The number of unbranched alkanes of at least 4 members (excludes halogenated alkanes) is 15. The van der Waals surface area contributed by atoms with E-state index in [1.807, 2.05) is 0 Å². The molecule has 27 heavy (non-hydrogen) atoms. The van der Waals surface area contributed by atoms with Gasteiger partial charge in [0.1, 0.15) is 0 Å². The maximum Gasteiger partial charge on any atom is 0.182 e. The number of hydrogen-bond acceptors (Lipinski definition) is 2. The van der Waals surface area contributed by atoms with Crippen LogP contribution >= 0.6 is 0 Å². The lowest BCUT2D eigenvalue weighted by atomic mass is 9.92. The summed E-state index contributed by atoms with van der Waals surface area (Å²) < 4.78 is 0. The van der Waals surface area contributed by atoms with E-state index in [0.29, 0.717) is 5.57 Å². The smallest absolute Gasteiger partial charge is 0.182 e. The molecule has 2 nitrogen and oxygen atoms in total. The van der Waals surface area contributed by atoms with Crippen molar-refractivity contribution >= 4 is 11.6 Å². The van der Waals surface area contributed by atoms with Crippen molar-refractivity contribution < 1.29 is 9.59 Å². The van der Waals surface area contributed by atoms with Crippen molar-refractivity contribution in [3.63, 3.8) is 0 Å². The molecule has 0 radical (unpaired) electrons. The quantitative estimate of drug-likeness (QED) is 0.193. The molecule has 0 atom stereocenters. The van der Waals surface area contributed by atoms with Crippen molar-refractivity contribution in [2.24, 2.45) is 0 Å². The van der Waals surface area contributed by atoms with Crippen molar-refractivity contribution in [1.82, 2.24) is 0 Å². The molecule has 0 aromatic heterocycles. The lowest BCUT2D eigenvalue weighted by Gasteiger charge is -2.11. The highest BCUT2D eigenvalue weighted by Gasteiger charge is 2.18. The van der Waals surface area contributed by atoms with E-state index in [2.05, 4.69) is 6.92 Å². The molecule has 1 rings (SSSR count). The van der Waals surface area contributed by atoms with Crippen LogP contribution in [0.25, 0.3) is 0 Å². The van der Waals surface area contributed by atoms with Gasteiger partial charge in [-0.25, -0.2) is 0 Å². The third-order valence-corrected chi connectivity index (χ3v) is 5.79. The Bertz CT molecular complexity index is 485. The van der Waals surface area contributed by atoms with E-state index in [0.717, 1.165) is 18.4 Å². The van der Waals surface area contributed by atoms with Gasteiger partial charge in [0.15, 0.2) is 11.6 Å². The summed E-state index contributed by atoms with van der Waals surface area (Å²) in [6.45, 7) is 4.06. The van der Waals surface area contributed by atoms with Gasteiger partial charge in [-0.15, -0.1) is 0 Å². The van der Waals surface area contributed by atoms with Crippen molar-refractivity contribution in [1.29, 1.82) is 0 Å². The monoisotopic (exact) mass is 374 g/mol. The Kier molecular flexibility index (Phi) is 14.0. The molecule has 2 heteroatoms. The van der Waals surface area contributed by atoms with E-state index < -0.39 is 0 Å². The zero-order valence-corrected chi connectivity index (χ0v) is 18.0. The summed E-state index contributed by atoms with van der Waals surface area (Å²) in [5.74, 6) is 0.0363. The predicted octanol–water partition coefficient (Wildman–Crippen LogP) is 7.66. The molecule has 0 unspecified atom stereocenters. The standard InChI is InChI=1S/C25H42O2/c1-3-4-5-6-7-8-9-10-11-12-13-14-15-16-17-18-19-23-22(2)24(26)20-21-25(23)27/h20-21H,3-19H2,1-2H3. The number of carbonyl (C=O) groups is 2. The third kappa shape index (κ3) is 11.3. The van der Waals surface area contributed by atoms with Crippen LogP contribution in [0.15, 0.2) is 23.3 Å². The first-order valence-corrected chi connectivity index (χ1v) is 11.6. The highest BCUT2D eigenvalue weighted by molar-refractivity contribution is 6.19. The number of carbonyl (C=O) groups excluding carboxylic acids is 2. The van der Waals surface area contributed by atoms with Gasteiger partial charge in [0.25, 0.3) is 0 Å². The summed E-state index contributed by atoms with van der Waals surface area (Å²) in [5.41, 5.74) is 1.40. The molecular formula is C25H42O2. The second-order valence-electron chi connectivity index (χ2n) is 8.22. The van der Waals surface area contributed by atoms with Crippen LogP contribution in [0.3, 0.4) is 0 Å². The predicted molar refractivity (Wildman–Crippen MR) is 116 cm³/mol. The molecular weight excluding hydrogens is 332 g/mol. The molecule has 0 aromatic carbocycles. The number of allylic oxidation sites excluding steroid dienone is 4. The van der Waals surface area contributed by atoms with E-state index in [1.54, 1.807) is 6.92 Å². The van der Waals surface area contributed by atoms with Gasteiger partial charge < -0.3 is 0 Å². The molecule has 0 saturated carbocycles. The van der Waals surface area contributed by atoms with Gasteiger partial charge in [0.2, 0.25) is 0 Å². The Morgan fingerprint density at radius 3 is 1.37 bits per heavy atom. The number of hydrogen-bond donors (Lipinski definition) is 0. The number of ketones is 2. The summed E-state index contributed by atoms with van der Waals surface area (Å²) in [7, 11) is 0. The minimum atomic E-state index is 0.00101. The molecule has 154 valence electrons. The summed E-state index contributed by atoms with van der Waals surface area (Å²) in [6.07, 6.45) is 25.2. The minimum absolute atomic E-state index is 0.00101. The average Bonchev–Trinajstić information content (AvgIpc) is 2.67. The topological polar surface area (TPSA) is 34.1 Å². The van der Waals surface area contributed by atoms with Crippen molar-refractivity contribution in [2.75, 3.05) is 0 Å². The Morgan fingerprint density at radius 1 is 0.556 bits per heavy atom. The van der Waals surface area contributed by atoms with Crippen molar-refractivity contribution in [2.45, 2.75) is 123 Å². The Morgan fingerprint density at radius 2 is 0.926 bits per heavy atom. The molecule has 0 amide bonds. The van der Waals surface area contributed by atoms with Gasteiger partial charge in [-0.3, -0.25) is 9.59 Å². The zero-order valence-electron chi connectivity index (χ0n) is 18.0. The SMILES string of the molecule is CCCCCCCCCCCCCCCCCCC1=C(C)C(=O)C=CC1=O. The molecule has 0 fully saturated rings. The maximum absolute atomic E-state index is 11.8. The van der Waals surface area contributed by atoms with Gasteiger partial charge in [-0.1, -0.05) is 103 Å². The van der Waals surface area contributed by atoms with Crippen LogP contribution in [0.5, 0.6) is 0 Å². The van der Waals surface area contributed by atoms with Crippen molar-refractivity contribution in [3.05, 3.63) is 23.3 Å². The van der Waals surface area contributed by atoms with E-state index in [1.165, 1.54) is 108 Å². The van der Waals surface area contributed by atoms with Crippen LogP contribution in [0.2, 0.25) is 0 Å². The largest absolute Gasteiger partial charge is 0.290 e. The Labute approximate surface area is 167 Å². The van der Waals surface area contributed by atoms with Gasteiger partial charge in [-0.2, -0.15) is 0 Å². The molecule has 0 spiro atoms. The minimum Gasteiger partial charge on any atom is -0.290 e. The van der Waals surface area contributed by atoms with Crippen LogP contribution in [0, 0.1) is 0 Å². The second kappa shape index (κ2) is 15.8. The van der Waals surface area contributed by atoms with Gasteiger partial charge in [0.05, 0.1) is 0 Å². The van der Waals surface area contributed by atoms with E-state index in [4.69, 9.17) is 0 Å². The molecule has 0 aromatic rings. The first-order chi connectivity index (χ1) is 13.2. The summed E-state index contributed by atoms with van der Waals surface area (Å²) >= 11 is 0. The fourth-order valence-corrected chi connectivity index (χ4v) is 3.87. The van der Waals surface area contributed by atoms with Crippen LogP contribution in [-0.2, 0) is 9.59 Å². The fourth-order valence-electron chi connectivity index (χ4n) is 3.87. The first kappa shape index (κ1) is 23.9. The fraction of sp³-hybridized carbons (Fsp3) is 0.760. The van der Waals surface area contributed by atoms with Gasteiger partial charge in [0, 0.05) is 11.1 Å². The van der Waals surface area contributed by atoms with E-state index in [9.17, 15) is 9.59 Å². The Balaban J connectivity index is 1.85. The van der Waals surface area contributed by atoms with E-state index in [-0.39, 0.29) is 11.6 Å². The molecule has 0 N–H and O–H groups in total. The lowest BCUT2D eigenvalue weighted by molar-refractivity contribution is -0.115. The van der Waals surface area contributed by atoms with Crippen LogP contribution in [-0.4, -0.2) is 11.6 Å². The van der Waals surface area contributed by atoms with Crippen LogP contribution in [0.1, 0.15) is 123 Å². The zero-order chi connectivity index (χ0) is 19.7. The third-order valence-electron chi connectivity index (χ3n) is 5.79. The molecule has 0 aliphatic heterocycles. The first-order valence-electron chi connectivity index (χ1n) is 11.6. The molecule has 0 heterocycles. The second-order valence-corrected chi connectivity index (χ2v) is 8.22. The summed E-state index contributed by atoms with van der Waals surface area (Å²) in [5, 5.41) is 0. The summed E-state index contributed by atoms with van der Waals surface area (Å²) in [6, 6.07) is 0. The van der Waals surface area contributed by atoms with Crippen molar-refractivity contribution in [3.8, 4) is 0 Å². The van der Waals surface area contributed by atoms with E-state index >= 15 is 0 Å². The van der Waals surface area contributed by atoms with Crippen LogP contribution in [0.4, 0.5) is 0 Å².